The van der Waals surface area contributed by atoms with Gasteiger partial charge in [-0.1, -0.05) is 25.0 Å². The maximum Gasteiger partial charge on any atom is 0.294 e. The Morgan fingerprint density at radius 3 is 2.26 bits per heavy atom. The van der Waals surface area contributed by atoms with Gasteiger partial charge >= 0.3 is 0 Å². The third-order valence-electron chi connectivity index (χ3n) is 6.37. The lowest BCUT2D eigenvalue weighted by molar-refractivity contribution is -0.123. The zero-order chi connectivity index (χ0) is 24.9. The summed E-state index contributed by atoms with van der Waals surface area (Å²) in [4.78, 5) is 29.3. The quantitative estimate of drug-likeness (QED) is 0.473. The molecule has 0 bridgehead atoms. The van der Waals surface area contributed by atoms with Crippen molar-refractivity contribution in [3.63, 3.8) is 0 Å². The molecule has 0 saturated heterocycles. The van der Waals surface area contributed by atoms with Gasteiger partial charge in [-0.15, -0.1) is 0 Å². The van der Waals surface area contributed by atoms with E-state index in [0.29, 0.717) is 22.7 Å². The highest BCUT2D eigenvalue weighted by atomic mass is 16.5. The monoisotopic (exact) mass is 476 g/mol. The van der Waals surface area contributed by atoms with Crippen LogP contribution in [-0.2, 0) is 4.79 Å². The molecule has 1 atom stereocenters. The van der Waals surface area contributed by atoms with Crippen LogP contribution in [0.5, 0.6) is 11.5 Å². The van der Waals surface area contributed by atoms with Crippen molar-refractivity contribution in [3.05, 3.63) is 77.2 Å². The first-order chi connectivity index (χ1) is 16.9. The summed E-state index contributed by atoms with van der Waals surface area (Å²) in [5, 5.41) is 3.19. The molecule has 0 spiro atoms. The Labute approximate surface area is 206 Å². The van der Waals surface area contributed by atoms with E-state index >= 15 is 0 Å². The number of hydrogen-bond acceptors (Lipinski definition) is 5. The molecule has 2 aromatic carbocycles. The van der Waals surface area contributed by atoms with E-state index < -0.39 is 11.9 Å². The third-order valence-corrected chi connectivity index (χ3v) is 6.37. The van der Waals surface area contributed by atoms with Crippen LogP contribution in [0, 0.1) is 13.8 Å². The standard InChI is InChI=1S/C28H32N2O5/c1-18-14-19(2)16-22(15-18)30(28(32)24-10-7-13-35-24)26(27(31)29-21-8-5-6-9-21)20-11-12-23(33-3)25(17-20)34-4/h7,10-17,21,26H,5-6,8-9H2,1-4H3,(H,29,31)/t26-/m1/s1. The number of ether oxygens (including phenoxy) is 2. The Balaban J connectivity index is 1.87. The van der Waals surface area contributed by atoms with Gasteiger partial charge in [0.25, 0.3) is 5.91 Å². The summed E-state index contributed by atoms with van der Waals surface area (Å²) in [5.74, 6) is 0.531. The molecule has 1 N–H and O–H groups in total. The Bertz CT molecular complexity index is 1160. The molecule has 7 heteroatoms. The lowest BCUT2D eigenvalue weighted by atomic mass is 10.00. The second-order valence-electron chi connectivity index (χ2n) is 9.01. The molecule has 7 nitrogen and oxygen atoms in total. The number of rotatable bonds is 8. The summed E-state index contributed by atoms with van der Waals surface area (Å²) in [6, 6.07) is 13.6. The van der Waals surface area contributed by atoms with Crippen LogP contribution in [0.2, 0.25) is 0 Å². The van der Waals surface area contributed by atoms with Gasteiger partial charge in [-0.05, 0) is 79.8 Å². The van der Waals surface area contributed by atoms with Gasteiger partial charge in [0.1, 0.15) is 6.04 Å². The number of nitrogens with one attached hydrogen (secondary N) is 1. The molecule has 0 radical (unpaired) electrons. The fraction of sp³-hybridized carbons (Fsp3) is 0.357. The predicted octanol–water partition coefficient (Wildman–Crippen LogP) is 5.36. The largest absolute Gasteiger partial charge is 0.493 e. The second kappa shape index (κ2) is 10.7. The summed E-state index contributed by atoms with van der Waals surface area (Å²) in [6.07, 6.45) is 5.48. The zero-order valence-electron chi connectivity index (χ0n) is 20.7. The lowest BCUT2D eigenvalue weighted by Crippen LogP contribution is -2.46. The molecule has 1 saturated carbocycles. The van der Waals surface area contributed by atoms with Crippen molar-refractivity contribution >= 4 is 17.5 Å². The first-order valence-electron chi connectivity index (χ1n) is 11.9. The molecule has 4 rings (SSSR count). The van der Waals surface area contributed by atoms with Crippen LogP contribution < -0.4 is 19.7 Å². The van der Waals surface area contributed by atoms with E-state index in [1.807, 2.05) is 32.0 Å². The first kappa shape index (κ1) is 24.4. The van der Waals surface area contributed by atoms with Crippen molar-refractivity contribution in [1.29, 1.82) is 0 Å². The average Bonchev–Trinajstić information content (AvgIpc) is 3.55. The number of nitrogens with zero attached hydrogens (tertiary/aromatic N) is 1. The smallest absolute Gasteiger partial charge is 0.294 e. The van der Waals surface area contributed by atoms with Crippen LogP contribution in [0.25, 0.3) is 0 Å². The lowest BCUT2D eigenvalue weighted by Gasteiger charge is -2.32. The molecular weight excluding hydrogens is 444 g/mol. The topological polar surface area (TPSA) is 81.0 Å². The van der Waals surface area contributed by atoms with Gasteiger partial charge < -0.3 is 19.2 Å². The maximum atomic E-state index is 13.9. The minimum Gasteiger partial charge on any atom is -0.493 e. The summed E-state index contributed by atoms with van der Waals surface area (Å²) in [5.41, 5.74) is 3.20. The molecule has 2 amide bonds. The number of amides is 2. The fourth-order valence-electron chi connectivity index (χ4n) is 4.78. The zero-order valence-corrected chi connectivity index (χ0v) is 20.7. The van der Waals surface area contributed by atoms with Crippen LogP contribution >= 0.6 is 0 Å². The normalized spacial score (nSPS) is 14.4. The molecule has 0 aliphatic heterocycles. The molecule has 35 heavy (non-hydrogen) atoms. The van der Waals surface area contributed by atoms with Gasteiger partial charge in [0.15, 0.2) is 17.3 Å². The van der Waals surface area contributed by atoms with Crippen LogP contribution in [0.4, 0.5) is 5.69 Å². The predicted molar refractivity (Wildman–Crippen MR) is 134 cm³/mol. The summed E-state index contributed by atoms with van der Waals surface area (Å²) >= 11 is 0. The van der Waals surface area contributed by atoms with Crippen LogP contribution in [0.1, 0.15) is 59.0 Å². The average molecular weight is 477 g/mol. The maximum absolute atomic E-state index is 13.9. The molecule has 1 aliphatic rings. The SMILES string of the molecule is COc1ccc([C@H](C(=O)NC2CCCC2)N(C(=O)c2ccco2)c2cc(C)cc(C)c2)cc1OC. The highest BCUT2D eigenvalue weighted by Crippen LogP contribution is 2.36. The number of carbonyl (C=O) groups is 2. The molecule has 1 aromatic heterocycles. The number of hydrogen-bond donors (Lipinski definition) is 1. The number of carbonyl (C=O) groups excluding carboxylic acids is 2. The van der Waals surface area contributed by atoms with E-state index in [1.54, 1.807) is 44.6 Å². The molecule has 184 valence electrons. The number of anilines is 1. The third kappa shape index (κ3) is 5.34. The summed E-state index contributed by atoms with van der Waals surface area (Å²) in [6.45, 7) is 3.94. The number of furan rings is 1. The molecule has 0 unspecified atom stereocenters. The van der Waals surface area contributed by atoms with E-state index in [1.165, 1.54) is 11.2 Å². The molecule has 3 aromatic rings. The van der Waals surface area contributed by atoms with E-state index in [-0.39, 0.29) is 17.7 Å². The van der Waals surface area contributed by atoms with Gasteiger partial charge in [0, 0.05) is 11.7 Å². The molecular formula is C28H32N2O5. The van der Waals surface area contributed by atoms with Crippen molar-refractivity contribution < 1.29 is 23.5 Å². The van der Waals surface area contributed by atoms with E-state index in [0.717, 1.165) is 36.8 Å². The van der Waals surface area contributed by atoms with Crippen molar-refractivity contribution in [3.8, 4) is 11.5 Å². The van der Waals surface area contributed by atoms with E-state index in [4.69, 9.17) is 13.9 Å². The number of benzene rings is 2. The minimum atomic E-state index is -0.950. The van der Waals surface area contributed by atoms with Crippen molar-refractivity contribution in [2.75, 3.05) is 19.1 Å². The van der Waals surface area contributed by atoms with Gasteiger partial charge in [0.05, 0.1) is 20.5 Å². The Morgan fingerprint density at radius 2 is 1.66 bits per heavy atom. The van der Waals surface area contributed by atoms with E-state index in [9.17, 15) is 9.59 Å². The number of aryl methyl sites for hydroxylation is 2. The second-order valence-corrected chi connectivity index (χ2v) is 9.01. The Hall–Kier alpha value is -3.74. The molecule has 1 aliphatic carbocycles. The Morgan fingerprint density at radius 1 is 0.971 bits per heavy atom. The Kier molecular flexibility index (Phi) is 7.44. The highest BCUT2D eigenvalue weighted by molar-refractivity contribution is 6.08. The summed E-state index contributed by atoms with van der Waals surface area (Å²) < 4.78 is 16.4. The van der Waals surface area contributed by atoms with Crippen molar-refractivity contribution in [2.24, 2.45) is 0 Å². The van der Waals surface area contributed by atoms with Gasteiger partial charge in [0.2, 0.25) is 5.91 Å². The molecule has 1 heterocycles. The van der Waals surface area contributed by atoms with Crippen molar-refractivity contribution in [1.82, 2.24) is 5.32 Å². The van der Waals surface area contributed by atoms with E-state index in [2.05, 4.69) is 5.32 Å². The van der Waals surface area contributed by atoms with Crippen LogP contribution in [0.3, 0.4) is 0 Å². The molecule has 1 fully saturated rings. The van der Waals surface area contributed by atoms with Gasteiger partial charge in [-0.2, -0.15) is 0 Å². The van der Waals surface area contributed by atoms with Gasteiger partial charge in [-0.25, -0.2) is 0 Å². The number of methoxy groups -OCH3 is 2. The first-order valence-corrected chi connectivity index (χ1v) is 11.9. The fourth-order valence-corrected chi connectivity index (χ4v) is 4.78. The summed E-state index contributed by atoms with van der Waals surface area (Å²) in [7, 11) is 3.11. The van der Waals surface area contributed by atoms with Crippen LogP contribution in [0.15, 0.2) is 59.2 Å². The van der Waals surface area contributed by atoms with Crippen LogP contribution in [-0.4, -0.2) is 32.1 Å². The van der Waals surface area contributed by atoms with Crippen molar-refractivity contribution in [2.45, 2.75) is 51.6 Å². The minimum absolute atomic E-state index is 0.0879. The highest BCUT2D eigenvalue weighted by Gasteiger charge is 2.36. The van der Waals surface area contributed by atoms with Gasteiger partial charge in [-0.3, -0.25) is 14.5 Å².